The van der Waals surface area contributed by atoms with Crippen molar-refractivity contribution in [2.24, 2.45) is 5.92 Å². The van der Waals surface area contributed by atoms with Gasteiger partial charge >= 0.3 is 0 Å². The van der Waals surface area contributed by atoms with Crippen molar-refractivity contribution in [1.82, 2.24) is 4.98 Å². The highest BCUT2D eigenvalue weighted by atomic mass is 19.1. The molecular formula is C21H20FNO2. The highest BCUT2D eigenvalue weighted by Gasteiger charge is 2.19. The fourth-order valence-corrected chi connectivity index (χ4v) is 2.49. The van der Waals surface area contributed by atoms with E-state index < -0.39 is 6.29 Å². The molecule has 0 aliphatic carbocycles. The van der Waals surface area contributed by atoms with Crippen LogP contribution in [-0.4, -0.2) is 24.5 Å². The third-order valence-electron chi connectivity index (χ3n) is 3.91. The second-order valence-electron chi connectivity index (χ2n) is 5.88. The van der Waals surface area contributed by atoms with E-state index in [1.807, 2.05) is 25.1 Å². The van der Waals surface area contributed by atoms with Crippen molar-refractivity contribution < 1.29 is 13.9 Å². The molecule has 128 valence electrons. The summed E-state index contributed by atoms with van der Waals surface area (Å²) < 4.78 is 24.2. The number of allylic oxidation sites excluding steroid dienone is 2. The van der Waals surface area contributed by atoms with Crippen LogP contribution in [0.2, 0.25) is 0 Å². The average molecular weight is 337 g/mol. The zero-order valence-electron chi connectivity index (χ0n) is 14.1. The first kappa shape index (κ1) is 17.3. The minimum atomic E-state index is -0.487. The van der Waals surface area contributed by atoms with Crippen LogP contribution in [0.5, 0.6) is 0 Å². The van der Waals surface area contributed by atoms with Crippen molar-refractivity contribution in [3.63, 3.8) is 0 Å². The molecule has 1 aromatic heterocycles. The van der Waals surface area contributed by atoms with Crippen LogP contribution >= 0.6 is 0 Å². The molecule has 1 aliphatic heterocycles. The number of hydrogen-bond acceptors (Lipinski definition) is 3. The Morgan fingerprint density at radius 1 is 1.16 bits per heavy atom. The Hall–Kier alpha value is -2.48. The lowest BCUT2D eigenvalue weighted by Gasteiger charge is -2.25. The number of ether oxygens (including phenoxy) is 2. The number of halogens is 1. The Balaban J connectivity index is 1.58. The van der Waals surface area contributed by atoms with Crippen LogP contribution in [0.3, 0.4) is 0 Å². The van der Waals surface area contributed by atoms with Gasteiger partial charge in [0.2, 0.25) is 6.29 Å². The quantitative estimate of drug-likeness (QED) is 0.621. The Morgan fingerprint density at radius 2 is 1.92 bits per heavy atom. The number of rotatable bonds is 3. The molecule has 3 rings (SSSR count). The molecule has 1 aromatic carbocycles. The van der Waals surface area contributed by atoms with Gasteiger partial charge in [-0.2, -0.15) is 0 Å². The lowest BCUT2D eigenvalue weighted by molar-refractivity contribution is -0.168. The maximum absolute atomic E-state index is 13.0. The first-order chi connectivity index (χ1) is 12.2. The molecule has 3 nitrogen and oxygen atoms in total. The molecule has 0 amide bonds. The van der Waals surface area contributed by atoms with Crippen molar-refractivity contribution >= 4 is 0 Å². The second kappa shape index (κ2) is 8.57. The van der Waals surface area contributed by atoms with Crippen LogP contribution in [-0.2, 0) is 9.47 Å². The average Bonchev–Trinajstić information content (AvgIpc) is 2.67. The van der Waals surface area contributed by atoms with E-state index in [0.29, 0.717) is 19.1 Å². The molecule has 0 radical (unpaired) electrons. The fourth-order valence-electron chi connectivity index (χ4n) is 2.49. The molecular weight excluding hydrogens is 317 g/mol. The Kier molecular flexibility index (Phi) is 5.95. The third-order valence-corrected chi connectivity index (χ3v) is 3.91. The first-order valence-corrected chi connectivity index (χ1v) is 8.32. The van der Waals surface area contributed by atoms with E-state index in [9.17, 15) is 4.39 Å². The minimum Gasteiger partial charge on any atom is -0.342 e. The van der Waals surface area contributed by atoms with Crippen LogP contribution in [0.25, 0.3) is 11.3 Å². The normalized spacial score (nSPS) is 20.2. The predicted molar refractivity (Wildman–Crippen MR) is 95.1 cm³/mol. The topological polar surface area (TPSA) is 31.4 Å². The van der Waals surface area contributed by atoms with E-state index in [2.05, 4.69) is 22.9 Å². The lowest BCUT2D eigenvalue weighted by atomic mass is 10.1. The molecule has 0 N–H and O–H groups in total. The van der Waals surface area contributed by atoms with E-state index in [1.165, 1.54) is 12.1 Å². The third kappa shape index (κ3) is 4.99. The molecule has 1 saturated heterocycles. The van der Waals surface area contributed by atoms with Crippen molar-refractivity contribution in [3.05, 3.63) is 66.1 Å². The van der Waals surface area contributed by atoms with Gasteiger partial charge in [0, 0.05) is 23.2 Å². The zero-order valence-corrected chi connectivity index (χ0v) is 14.1. The van der Waals surface area contributed by atoms with Crippen molar-refractivity contribution in [2.45, 2.75) is 19.6 Å². The largest absolute Gasteiger partial charge is 0.342 e. The summed E-state index contributed by atoms with van der Waals surface area (Å²) >= 11 is 0. The maximum atomic E-state index is 13.0. The Morgan fingerprint density at radius 3 is 2.56 bits per heavy atom. The highest BCUT2D eigenvalue weighted by molar-refractivity contribution is 5.59. The number of pyridine rings is 1. The van der Waals surface area contributed by atoms with Gasteiger partial charge in [-0.25, -0.2) is 4.39 Å². The van der Waals surface area contributed by atoms with Gasteiger partial charge in [-0.1, -0.05) is 18.1 Å². The zero-order chi connectivity index (χ0) is 17.5. The van der Waals surface area contributed by atoms with E-state index >= 15 is 0 Å². The molecule has 4 heteroatoms. The van der Waals surface area contributed by atoms with Crippen molar-refractivity contribution in [3.8, 4) is 23.1 Å². The lowest BCUT2D eigenvalue weighted by Crippen LogP contribution is -2.30. The van der Waals surface area contributed by atoms with Crippen LogP contribution in [0.15, 0.2) is 54.7 Å². The summed E-state index contributed by atoms with van der Waals surface area (Å²) in [4.78, 5) is 4.37. The summed E-state index contributed by atoms with van der Waals surface area (Å²) in [5.74, 6) is 6.14. The standard InChI is InChI=1S/C21H20FNO2/c1-2-3-4-17-14-24-21(25-15-17)12-6-16-5-11-20(23-13-16)18-7-9-19(22)10-8-18/h2-3,5,7-11,13,17,21H,4,14-15H2,1H3/b3-2+. The summed E-state index contributed by atoms with van der Waals surface area (Å²) in [5.41, 5.74) is 2.43. The summed E-state index contributed by atoms with van der Waals surface area (Å²) in [5, 5.41) is 0. The van der Waals surface area contributed by atoms with Crippen molar-refractivity contribution in [1.29, 1.82) is 0 Å². The molecule has 0 bridgehead atoms. The van der Waals surface area contributed by atoms with Crippen LogP contribution in [0, 0.1) is 23.6 Å². The summed E-state index contributed by atoms with van der Waals surface area (Å²) in [6.07, 6.45) is 6.33. The van der Waals surface area contributed by atoms with Gasteiger partial charge in [-0.05, 0) is 55.7 Å². The molecule has 0 unspecified atom stereocenters. The number of benzene rings is 1. The predicted octanol–water partition coefficient (Wildman–Crippen LogP) is 4.19. The summed E-state index contributed by atoms with van der Waals surface area (Å²) in [7, 11) is 0. The van der Waals surface area contributed by atoms with E-state index in [0.717, 1.165) is 23.2 Å². The Bertz CT molecular complexity index is 764. The monoisotopic (exact) mass is 337 g/mol. The highest BCUT2D eigenvalue weighted by Crippen LogP contribution is 2.17. The maximum Gasteiger partial charge on any atom is 0.222 e. The SMILES string of the molecule is C/C=C/CC1COC(C#Cc2ccc(-c3ccc(F)cc3)nc2)OC1. The molecule has 0 saturated carbocycles. The first-order valence-electron chi connectivity index (χ1n) is 8.32. The summed E-state index contributed by atoms with van der Waals surface area (Å²) in [6, 6.07) is 10.0. The van der Waals surface area contributed by atoms with Gasteiger partial charge < -0.3 is 9.47 Å². The van der Waals surface area contributed by atoms with E-state index in [1.54, 1.807) is 18.3 Å². The van der Waals surface area contributed by atoms with Gasteiger partial charge in [-0.3, -0.25) is 4.98 Å². The number of aromatic nitrogens is 1. The smallest absolute Gasteiger partial charge is 0.222 e. The molecule has 2 aromatic rings. The molecule has 0 spiro atoms. The van der Waals surface area contributed by atoms with Gasteiger partial charge in [0.1, 0.15) is 5.82 Å². The van der Waals surface area contributed by atoms with Crippen LogP contribution in [0.4, 0.5) is 4.39 Å². The minimum absolute atomic E-state index is 0.258. The van der Waals surface area contributed by atoms with Gasteiger partial charge in [0.25, 0.3) is 0 Å². The van der Waals surface area contributed by atoms with E-state index in [-0.39, 0.29) is 5.82 Å². The fraction of sp³-hybridized carbons (Fsp3) is 0.286. The molecule has 25 heavy (non-hydrogen) atoms. The molecule has 1 fully saturated rings. The number of nitrogens with zero attached hydrogens (tertiary/aromatic N) is 1. The van der Waals surface area contributed by atoms with Crippen LogP contribution < -0.4 is 0 Å². The van der Waals surface area contributed by atoms with Gasteiger partial charge in [-0.15, -0.1) is 0 Å². The van der Waals surface area contributed by atoms with Crippen LogP contribution in [0.1, 0.15) is 18.9 Å². The molecule has 2 heterocycles. The second-order valence-corrected chi connectivity index (χ2v) is 5.88. The van der Waals surface area contributed by atoms with Crippen molar-refractivity contribution in [2.75, 3.05) is 13.2 Å². The Labute approximate surface area is 147 Å². The molecule has 1 aliphatic rings. The number of hydrogen-bond donors (Lipinski definition) is 0. The van der Waals surface area contributed by atoms with Gasteiger partial charge in [0.15, 0.2) is 0 Å². The van der Waals surface area contributed by atoms with Gasteiger partial charge in [0.05, 0.1) is 18.9 Å². The molecule has 0 atom stereocenters. The summed E-state index contributed by atoms with van der Waals surface area (Å²) in [6.45, 7) is 3.32. The van der Waals surface area contributed by atoms with E-state index in [4.69, 9.17) is 9.47 Å².